The summed E-state index contributed by atoms with van der Waals surface area (Å²) in [6.07, 6.45) is 5.74. The minimum atomic E-state index is -0.162. The lowest BCUT2D eigenvalue weighted by Gasteiger charge is -2.38. The van der Waals surface area contributed by atoms with Crippen LogP contribution in [0.25, 0.3) is 0 Å². The highest BCUT2D eigenvalue weighted by molar-refractivity contribution is 5.23. The molecule has 0 spiro atoms. The normalized spacial score (nSPS) is 13.7. The number of hydrogen-bond acceptors (Lipinski definition) is 3. The number of likely N-dealkylation sites (N-methyl/N-ethyl adjacent to an activating group) is 1. The Labute approximate surface area is 105 Å². The largest absolute Gasteiger partial charge is 0.376 e. The van der Waals surface area contributed by atoms with Crippen molar-refractivity contribution in [3.63, 3.8) is 0 Å². The topological polar surface area (TPSA) is 34.1 Å². The van der Waals surface area contributed by atoms with Gasteiger partial charge >= 0.3 is 0 Å². The van der Waals surface area contributed by atoms with Gasteiger partial charge in [-0.1, -0.05) is 19.9 Å². The number of ether oxygens (including phenoxy) is 1. The molecule has 0 aliphatic heterocycles. The molecule has 17 heavy (non-hydrogen) atoms. The van der Waals surface area contributed by atoms with Crippen LogP contribution < -0.4 is 5.32 Å². The van der Waals surface area contributed by atoms with E-state index in [9.17, 15) is 0 Å². The van der Waals surface area contributed by atoms with Crippen LogP contribution >= 0.6 is 0 Å². The third-order valence-electron chi connectivity index (χ3n) is 3.65. The van der Waals surface area contributed by atoms with Gasteiger partial charge in [0.15, 0.2) is 0 Å². The van der Waals surface area contributed by atoms with Crippen LogP contribution in [-0.4, -0.2) is 24.7 Å². The van der Waals surface area contributed by atoms with Crippen molar-refractivity contribution < 1.29 is 4.74 Å². The second-order valence-electron chi connectivity index (χ2n) is 4.49. The van der Waals surface area contributed by atoms with Gasteiger partial charge in [-0.25, -0.2) is 0 Å². The minimum Gasteiger partial charge on any atom is -0.376 e. The van der Waals surface area contributed by atoms with Crippen molar-refractivity contribution in [3.8, 4) is 0 Å². The van der Waals surface area contributed by atoms with Gasteiger partial charge in [0.25, 0.3) is 0 Å². The molecule has 1 heterocycles. The molecule has 0 radical (unpaired) electrons. The van der Waals surface area contributed by atoms with Crippen LogP contribution in [0.3, 0.4) is 0 Å². The molecule has 1 aromatic rings. The van der Waals surface area contributed by atoms with E-state index in [0.29, 0.717) is 0 Å². The molecule has 0 aliphatic rings. The van der Waals surface area contributed by atoms with Gasteiger partial charge in [-0.3, -0.25) is 4.98 Å². The van der Waals surface area contributed by atoms with Crippen LogP contribution in [0.4, 0.5) is 0 Å². The molecule has 3 heteroatoms. The van der Waals surface area contributed by atoms with Gasteiger partial charge in [0.05, 0.1) is 11.6 Å². The van der Waals surface area contributed by atoms with Crippen molar-refractivity contribution in [3.05, 3.63) is 29.6 Å². The molecule has 1 N–H and O–H groups in total. The average molecular weight is 236 g/mol. The summed E-state index contributed by atoms with van der Waals surface area (Å²) in [6, 6.07) is 2.35. The van der Waals surface area contributed by atoms with Gasteiger partial charge in [0.2, 0.25) is 0 Å². The first-order chi connectivity index (χ1) is 8.13. The molecule has 0 saturated carbocycles. The highest BCUT2D eigenvalue weighted by Gasteiger charge is 2.36. The van der Waals surface area contributed by atoms with Crippen molar-refractivity contribution in [2.45, 2.75) is 45.3 Å². The minimum absolute atomic E-state index is 0.162. The zero-order valence-corrected chi connectivity index (χ0v) is 11.6. The number of pyridine rings is 1. The molecule has 0 aromatic carbocycles. The SMILES string of the molecule is CCC(CC)(OC)C(NC)c1cncc(C)c1. The van der Waals surface area contributed by atoms with Gasteiger partial charge in [-0.15, -0.1) is 0 Å². The van der Waals surface area contributed by atoms with Crippen LogP contribution in [0.1, 0.15) is 43.9 Å². The first kappa shape index (κ1) is 14.1. The number of nitrogens with one attached hydrogen (secondary N) is 1. The molecule has 96 valence electrons. The highest BCUT2D eigenvalue weighted by atomic mass is 16.5. The van der Waals surface area contributed by atoms with Crippen LogP contribution in [0.2, 0.25) is 0 Å². The van der Waals surface area contributed by atoms with Crippen molar-refractivity contribution >= 4 is 0 Å². The Bertz CT molecular complexity index is 340. The maximum Gasteiger partial charge on any atom is 0.0867 e. The number of hydrogen-bond donors (Lipinski definition) is 1. The van der Waals surface area contributed by atoms with Crippen molar-refractivity contribution in [2.24, 2.45) is 0 Å². The first-order valence-corrected chi connectivity index (χ1v) is 6.27. The van der Waals surface area contributed by atoms with Crippen molar-refractivity contribution in [1.29, 1.82) is 0 Å². The lowest BCUT2D eigenvalue weighted by atomic mass is 9.84. The summed E-state index contributed by atoms with van der Waals surface area (Å²) in [5, 5.41) is 3.37. The van der Waals surface area contributed by atoms with Crippen molar-refractivity contribution in [1.82, 2.24) is 10.3 Å². The summed E-state index contributed by atoms with van der Waals surface area (Å²) < 4.78 is 5.79. The van der Waals surface area contributed by atoms with Gasteiger partial charge in [0, 0.05) is 19.5 Å². The first-order valence-electron chi connectivity index (χ1n) is 6.27. The van der Waals surface area contributed by atoms with E-state index in [1.54, 1.807) is 7.11 Å². The van der Waals surface area contributed by atoms with Crippen LogP contribution in [0.5, 0.6) is 0 Å². The fraction of sp³-hybridized carbons (Fsp3) is 0.643. The molecule has 1 atom stereocenters. The van der Waals surface area contributed by atoms with Crippen LogP contribution in [0.15, 0.2) is 18.5 Å². The molecular formula is C14H24N2O. The molecule has 0 fully saturated rings. The lowest BCUT2D eigenvalue weighted by molar-refractivity contribution is -0.0468. The summed E-state index contributed by atoms with van der Waals surface area (Å²) in [6.45, 7) is 6.40. The Balaban J connectivity index is 3.13. The van der Waals surface area contributed by atoms with Crippen molar-refractivity contribution in [2.75, 3.05) is 14.2 Å². The van der Waals surface area contributed by atoms with E-state index < -0.39 is 0 Å². The molecule has 0 bridgehead atoms. The van der Waals surface area contributed by atoms with E-state index in [2.05, 4.69) is 37.1 Å². The molecule has 0 saturated heterocycles. The van der Waals surface area contributed by atoms with E-state index in [1.807, 2.05) is 19.4 Å². The molecular weight excluding hydrogens is 212 g/mol. The second kappa shape index (κ2) is 6.12. The Hall–Kier alpha value is -0.930. The summed E-state index contributed by atoms with van der Waals surface area (Å²) >= 11 is 0. The van der Waals surface area contributed by atoms with E-state index in [1.165, 1.54) is 11.1 Å². The second-order valence-corrected chi connectivity index (χ2v) is 4.49. The number of methoxy groups -OCH3 is 1. The zero-order valence-electron chi connectivity index (χ0n) is 11.6. The van der Waals surface area contributed by atoms with Gasteiger partial charge in [-0.2, -0.15) is 0 Å². The Morgan fingerprint density at radius 1 is 1.35 bits per heavy atom. The fourth-order valence-electron chi connectivity index (χ4n) is 2.53. The Morgan fingerprint density at radius 2 is 2.00 bits per heavy atom. The van der Waals surface area contributed by atoms with Gasteiger partial charge in [0.1, 0.15) is 0 Å². The van der Waals surface area contributed by atoms with Crippen LogP contribution in [-0.2, 0) is 4.74 Å². The number of aryl methyl sites for hydroxylation is 1. The van der Waals surface area contributed by atoms with E-state index in [0.717, 1.165) is 12.8 Å². The maximum absolute atomic E-state index is 5.79. The molecule has 3 nitrogen and oxygen atoms in total. The lowest BCUT2D eigenvalue weighted by Crippen LogP contribution is -2.43. The predicted molar refractivity (Wildman–Crippen MR) is 71.1 cm³/mol. The predicted octanol–water partition coefficient (Wildman–Crippen LogP) is 2.86. The Kier molecular flexibility index (Phi) is 5.09. The highest BCUT2D eigenvalue weighted by Crippen LogP contribution is 2.34. The van der Waals surface area contributed by atoms with Crippen LogP contribution in [0, 0.1) is 6.92 Å². The number of aromatic nitrogens is 1. The Morgan fingerprint density at radius 3 is 2.41 bits per heavy atom. The number of nitrogens with zero attached hydrogens (tertiary/aromatic N) is 1. The number of rotatable bonds is 6. The van der Waals surface area contributed by atoms with E-state index in [4.69, 9.17) is 4.74 Å². The molecule has 1 aromatic heterocycles. The molecule has 0 amide bonds. The maximum atomic E-state index is 5.79. The monoisotopic (exact) mass is 236 g/mol. The fourth-order valence-corrected chi connectivity index (χ4v) is 2.53. The summed E-state index contributed by atoms with van der Waals surface area (Å²) in [4.78, 5) is 4.27. The summed E-state index contributed by atoms with van der Waals surface area (Å²) in [5.74, 6) is 0. The van der Waals surface area contributed by atoms with Gasteiger partial charge < -0.3 is 10.1 Å². The molecule has 1 unspecified atom stereocenters. The third kappa shape index (κ3) is 2.85. The summed E-state index contributed by atoms with van der Waals surface area (Å²) in [5.41, 5.74) is 2.21. The quantitative estimate of drug-likeness (QED) is 0.824. The van der Waals surface area contributed by atoms with Gasteiger partial charge in [-0.05, 0) is 37.9 Å². The molecule has 0 aliphatic carbocycles. The zero-order chi connectivity index (χ0) is 12.9. The van der Waals surface area contributed by atoms with E-state index in [-0.39, 0.29) is 11.6 Å². The standard InChI is InChI=1S/C14H24N2O/c1-6-14(7-2,17-5)13(15-4)12-8-11(3)9-16-10-12/h8-10,13,15H,6-7H2,1-5H3. The average Bonchev–Trinajstić information content (AvgIpc) is 2.36. The molecule has 1 rings (SSSR count). The summed E-state index contributed by atoms with van der Waals surface area (Å²) in [7, 11) is 3.77. The van der Waals surface area contributed by atoms with E-state index >= 15 is 0 Å². The third-order valence-corrected chi connectivity index (χ3v) is 3.65. The smallest absolute Gasteiger partial charge is 0.0867 e.